The Morgan fingerprint density at radius 3 is 2.64 bits per heavy atom. The van der Waals surface area contributed by atoms with Crippen molar-refractivity contribution in [2.24, 2.45) is 0 Å². The third kappa shape index (κ3) is 3.48. The minimum atomic E-state index is -0.369. The highest BCUT2D eigenvalue weighted by atomic mass is 16.5. The summed E-state index contributed by atoms with van der Waals surface area (Å²) in [6, 6.07) is 12.2. The SMILES string of the molecule is CCOC(=O)c1cnc2c(C)cc(C)cc2c1Nc1cccc(C)c1. The topological polar surface area (TPSA) is 51.2 Å². The average Bonchev–Trinajstić information content (AvgIpc) is 2.55. The molecule has 1 N–H and O–H groups in total. The third-order valence-corrected chi connectivity index (χ3v) is 4.09. The highest BCUT2D eigenvalue weighted by Crippen LogP contribution is 2.32. The molecule has 3 rings (SSSR count). The van der Waals surface area contributed by atoms with E-state index in [9.17, 15) is 4.79 Å². The number of anilines is 2. The predicted molar refractivity (Wildman–Crippen MR) is 102 cm³/mol. The Labute approximate surface area is 147 Å². The van der Waals surface area contributed by atoms with Crippen molar-refractivity contribution in [3.8, 4) is 0 Å². The number of nitrogens with one attached hydrogen (secondary N) is 1. The molecule has 0 atom stereocenters. The fourth-order valence-corrected chi connectivity index (χ4v) is 3.03. The van der Waals surface area contributed by atoms with Crippen LogP contribution in [0.15, 0.2) is 42.6 Å². The number of benzene rings is 2. The Bertz CT molecular complexity index is 948. The van der Waals surface area contributed by atoms with E-state index in [0.717, 1.165) is 39.0 Å². The Hall–Kier alpha value is -2.88. The van der Waals surface area contributed by atoms with Gasteiger partial charge in [-0.3, -0.25) is 4.98 Å². The summed E-state index contributed by atoms with van der Waals surface area (Å²) in [6.07, 6.45) is 1.60. The first-order chi connectivity index (χ1) is 12.0. The van der Waals surface area contributed by atoms with Crippen LogP contribution >= 0.6 is 0 Å². The molecule has 128 valence electrons. The third-order valence-electron chi connectivity index (χ3n) is 4.09. The molecule has 25 heavy (non-hydrogen) atoms. The number of carbonyl (C=O) groups excluding carboxylic acids is 1. The van der Waals surface area contributed by atoms with Crippen LogP contribution in [0, 0.1) is 20.8 Å². The van der Waals surface area contributed by atoms with Crippen molar-refractivity contribution in [2.75, 3.05) is 11.9 Å². The Balaban J connectivity index is 2.23. The standard InChI is InChI=1S/C21H22N2O2/c1-5-25-21(24)18-12-22-19-15(4)9-14(3)11-17(19)20(18)23-16-8-6-7-13(2)10-16/h6-12H,5H2,1-4H3,(H,22,23). The normalized spacial score (nSPS) is 10.7. The molecule has 0 amide bonds. The van der Waals surface area contributed by atoms with E-state index >= 15 is 0 Å². The molecule has 0 saturated carbocycles. The monoisotopic (exact) mass is 334 g/mol. The second kappa shape index (κ2) is 6.93. The zero-order valence-corrected chi connectivity index (χ0v) is 15.0. The Kier molecular flexibility index (Phi) is 4.70. The Morgan fingerprint density at radius 1 is 1.12 bits per heavy atom. The van der Waals surface area contributed by atoms with E-state index in [1.54, 1.807) is 13.1 Å². The summed E-state index contributed by atoms with van der Waals surface area (Å²) in [4.78, 5) is 16.9. The fourth-order valence-electron chi connectivity index (χ4n) is 3.03. The van der Waals surface area contributed by atoms with E-state index in [2.05, 4.69) is 22.4 Å². The molecule has 0 aliphatic carbocycles. The first-order valence-corrected chi connectivity index (χ1v) is 8.40. The molecule has 0 saturated heterocycles. The van der Waals surface area contributed by atoms with Gasteiger partial charge >= 0.3 is 5.97 Å². The lowest BCUT2D eigenvalue weighted by Gasteiger charge is -2.16. The van der Waals surface area contributed by atoms with Crippen LogP contribution in [0.5, 0.6) is 0 Å². The van der Waals surface area contributed by atoms with Crippen molar-refractivity contribution in [1.82, 2.24) is 4.98 Å². The predicted octanol–water partition coefficient (Wildman–Crippen LogP) is 5.08. The second-order valence-electron chi connectivity index (χ2n) is 6.24. The number of aryl methyl sites for hydroxylation is 3. The van der Waals surface area contributed by atoms with Crippen molar-refractivity contribution >= 4 is 28.2 Å². The number of hydrogen-bond donors (Lipinski definition) is 1. The van der Waals surface area contributed by atoms with Gasteiger partial charge in [-0.05, 0) is 57.0 Å². The van der Waals surface area contributed by atoms with Gasteiger partial charge in [0.25, 0.3) is 0 Å². The molecular weight excluding hydrogens is 312 g/mol. The van der Waals surface area contributed by atoms with Gasteiger partial charge in [-0.15, -0.1) is 0 Å². The minimum absolute atomic E-state index is 0.327. The molecule has 0 fully saturated rings. The van der Waals surface area contributed by atoms with Crippen molar-refractivity contribution in [1.29, 1.82) is 0 Å². The van der Waals surface area contributed by atoms with Gasteiger partial charge in [0, 0.05) is 17.3 Å². The molecule has 1 aromatic heterocycles. The molecule has 0 bridgehead atoms. The van der Waals surface area contributed by atoms with E-state index in [1.165, 1.54) is 0 Å². The second-order valence-corrected chi connectivity index (χ2v) is 6.24. The van der Waals surface area contributed by atoms with Gasteiger partial charge < -0.3 is 10.1 Å². The summed E-state index contributed by atoms with van der Waals surface area (Å²) in [5, 5.41) is 4.33. The lowest BCUT2D eigenvalue weighted by atomic mass is 10.0. The van der Waals surface area contributed by atoms with Gasteiger partial charge in [0.1, 0.15) is 5.56 Å². The van der Waals surface area contributed by atoms with Crippen LogP contribution in [0.2, 0.25) is 0 Å². The molecule has 4 nitrogen and oxygen atoms in total. The summed E-state index contributed by atoms with van der Waals surface area (Å²) in [5.41, 5.74) is 6.35. The lowest BCUT2D eigenvalue weighted by molar-refractivity contribution is 0.0527. The zero-order valence-electron chi connectivity index (χ0n) is 15.0. The van der Waals surface area contributed by atoms with Crippen molar-refractivity contribution < 1.29 is 9.53 Å². The quantitative estimate of drug-likeness (QED) is 0.676. The number of carbonyl (C=O) groups is 1. The van der Waals surface area contributed by atoms with E-state index in [0.29, 0.717) is 12.2 Å². The largest absolute Gasteiger partial charge is 0.462 e. The fraction of sp³-hybridized carbons (Fsp3) is 0.238. The highest BCUT2D eigenvalue weighted by Gasteiger charge is 2.18. The lowest BCUT2D eigenvalue weighted by Crippen LogP contribution is -2.09. The summed E-state index contributed by atoms with van der Waals surface area (Å²) >= 11 is 0. The maximum absolute atomic E-state index is 12.4. The highest BCUT2D eigenvalue weighted by molar-refractivity contribution is 6.06. The van der Waals surface area contributed by atoms with Gasteiger partial charge in [-0.25, -0.2) is 4.79 Å². The number of fused-ring (bicyclic) bond motifs is 1. The molecule has 0 radical (unpaired) electrons. The zero-order chi connectivity index (χ0) is 18.0. The molecule has 3 aromatic rings. The van der Waals surface area contributed by atoms with Crippen molar-refractivity contribution in [2.45, 2.75) is 27.7 Å². The number of esters is 1. The minimum Gasteiger partial charge on any atom is -0.462 e. The van der Waals surface area contributed by atoms with Gasteiger partial charge in [0.2, 0.25) is 0 Å². The van der Waals surface area contributed by atoms with E-state index < -0.39 is 0 Å². The molecule has 0 aliphatic rings. The van der Waals surface area contributed by atoms with Crippen LogP contribution in [0.3, 0.4) is 0 Å². The number of aromatic nitrogens is 1. The molecule has 1 heterocycles. The van der Waals surface area contributed by atoms with Crippen LogP contribution in [0.1, 0.15) is 34.0 Å². The van der Waals surface area contributed by atoms with Crippen molar-refractivity contribution in [3.05, 3.63) is 64.8 Å². The van der Waals surface area contributed by atoms with E-state index in [-0.39, 0.29) is 5.97 Å². The molecule has 2 aromatic carbocycles. The van der Waals surface area contributed by atoms with Crippen LogP contribution in [0.4, 0.5) is 11.4 Å². The average molecular weight is 334 g/mol. The first kappa shape index (κ1) is 17.0. The van der Waals surface area contributed by atoms with Gasteiger partial charge in [-0.1, -0.05) is 23.8 Å². The first-order valence-electron chi connectivity index (χ1n) is 8.40. The number of ether oxygens (including phenoxy) is 1. The number of nitrogens with zero attached hydrogens (tertiary/aromatic N) is 1. The molecule has 0 spiro atoms. The van der Waals surface area contributed by atoms with E-state index in [1.807, 2.05) is 45.0 Å². The number of pyridine rings is 1. The van der Waals surface area contributed by atoms with Crippen LogP contribution in [0.25, 0.3) is 10.9 Å². The number of hydrogen-bond acceptors (Lipinski definition) is 4. The van der Waals surface area contributed by atoms with Gasteiger partial charge in [0.15, 0.2) is 0 Å². The van der Waals surface area contributed by atoms with E-state index in [4.69, 9.17) is 4.74 Å². The number of rotatable bonds is 4. The molecular formula is C21H22N2O2. The van der Waals surface area contributed by atoms with Crippen LogP contribution < -0.4 is 5.32 Å². The van der Waals surface area contributed by atoms with Gasteiger partial charge in [-0.2, -0.15) is 0 Å². The molecule has 4 heteroatoms. The van der Waals surface area contributed by atoms with Crippen molar-refractivity contribution in [3.63, 3.8) is 0 Å². The molecule has 0 aliphatic heterocycles. The van der Waals surface area contributed by atoms with Crippen LogP contribution in [-0.2, 0) is 4.74 Å². The molecule has 0 unspecified atom stereocenters. The smallest absolute Gasteiger partial charge is 0.341 e. The maximum atomic E-state index is 12.4. The Morgan fingerprint density at radius 2 is 1.92 bits per heavy atom. The van der Waals surface area contributed by atoms with Gasteiger partial charge in [0.05, 0.1) is 17.8 Å². The summed E-state index contributed by atoms with van der Waals surface area (Å²) in [6.45, 7) is 8.24. The maximum Gasteiger partial charge on any atom is 0.341 e. The summed E-state index contributed by atoms with van der Waals surface area (Å²) < 4.78 is 5.22. The van der Waals surface area contributed by atoms with Crippen LogP contribution in [-0.4, -0.2) is 17.6 Å². The summed E-state index contributed by atoms with van der Waals surface area (Å²) in [5.74, 6) is -0.369. The summed E-state index contributed by atoms with van der Waals surface area (Å²) in [7, 11) is 0.